The molecule has 2 amide bonds. The smallest absolute Gasteiger partial charge is 0.324 e. The van der Waals surface area contributed by atoms with Crippen molar-refractivity contribution in [1.82, 2.24) is 20.0 Å². The van der Waals surface area contributed by atoms with Crippen molar-refractivity contribution in [3.63, 3.8) is 0 Å². The van der Waals surface area contributed by atoms with Crippen molar-refractivity contribution in [2.24, 2.45) is 0 Å². The lowest BCUT2D eigenvalue weighted by atomic mass is 10.1. The van der Waals surface area contributed by atoms with Crippen molar-refractivity contribution in [3.05, 3.63) is 59.7 Å². The molecule has 0 unspecified atom stereocenters. The van der Waals surface area contributed by atoms with Crippen molar-refractivity contribution in [3.8, 4) is 17.2 Å². The van der Waals surface area contributed by atoms with Crippen molar-refractivity contribution < 1.29 is 31.9 Å². The van der Waals surface area contributed by atoms with Crippen LogP contribution in [0.25, 0.3) is 11.5 Å². The molecule has 37 heavy (non-hydrogen) atoms. The molecule has 0 aliphatic carbocycles. The highest BCUT2D eigenvalue weighted by molar-refractivity contribution is 5.92. The fourth-order valence-corrected chi connectivity index (χ4v) is 4.33. The summed E-state index contributed by atoms with van der Waals surface area (Å²) in [6, 6.07) is 11.2. The molecule has 2 fully saturated rings. The van der Waals surface area contributed by atoms with Crippen LogP contribution in [0, 0.1) is 5.82 Å². The average molecular weight is 518 g/mol. The summed E-state index contributed by atoms with van der Waals surface area (Å²) < 4.78 is 56.1. The molecule has 0 saturated carbocycles. The van der Waals surface area contributed by atoms with E-state index in [-0.39, 0.29) is 29.6 Å². The third-order valence-corrected chi connectivity index (χ3v) is 6.59. The number of rotatable bonds is 7. The number of urea groups is 1. The Morgan fingerprint density at radius 1 is 1.11 bits per heavy atom. The van der Waals surface area contributed by atoms with Crippen LogP contribution in [0.1, 0.15) is 17.9 Å². The summed E-state index contributed by atoms with van der Waals surface area (Å²) in [5.41, 5.74) is 0.994. The van der Waals surface area contributed by atoms with E-state index < -0.39 is 18.1 Å². The number of methoxy groups -OCH3 is 1. The Kier molecular flexibility index (Phi) is 7.28. The minimum absolute atomic E-state index is 0.0416. The molecule has 5 rings (SSSR count). The lowest BCUT2D eigenvalue weighted by Crippen LogP contribution is -2.59. The van der Waals surface area contributed by atoms with Gasteiger partial charge in [0.2, 0.25) is 5.89 Å². The molecule has 2 aliphatic rings. The standard InChI is InChI=1S/C25H26F3N5O4/c1-35-20-6-4-18(5-7-20)33(25(34)32-10-8-31(9-11-32)19-14-36-15-19)13-17-3-2-16(12-21(17)26)23-29-30-24(37-23)22(27)28/h2-7,12,19,22H,8-11,13-15H2,1H3. The summed E-state index contributed by atoms with van der Waals surface area (Å²) in [6.45, 7) is 3.97. The van der Waals surface area contributed by atoms with Crippen molar-refractivity contribution in [1.29, 1.82) is 0 Å². The molecule has 2 aliphatic heterocycles. The summed E-state index contributed by atoms with van der Waals surface area (Å²) in [6.07, 6.45) is -2.92. The Balaban J connectivity index is 1.36. The summed E-state index contributed by atoms with van der Waals surface area (Å²) >= 11 is 0. The molecular formula is C25H26F3N5O4. The highest BCUT2D eigenvalue weighted by Gasteiger charge is 2.32. The van der Waals surface area contributed by atoms with Gasteiger partial charge in [0.05, 0.1) is 32.9 Å². The maximum Gasteiger partial charge on any atom is 0.324 e. The van der Waals surface area contributed by atoms with Crippen molar-refractivity contribution >= 4 is 11.7 Å². The van der Waals surface area contributed by atoms with E-state index in [1.807, 2.05) is 0 Å². The molecule has 1 aromatic heterocycles. The van der Waals surface area contributed by atoms with Crippen molar-refractivity contribution in [2.75, 3.05) is 51.4 Å². The summed E-state index contributed by atoms with van der Waals surface area (Å²) in [5.74, 6) is -1.04. The quantitative estimate of drug-likeness (QED) is 0.469. The van der Waals surface area contributed by atoms with Gasteiger partial charge in [0.25, 0.3) is 5.89 Å². The second-order valence-corrected chi connectivity index (χ2v) is 8.83. The van der Waals surface area contributed by atoms with Crippen LogP contribution in [-0.2, 0) is 11.3 Å². The van der Waals surface area contributed by atoms with Gasteiger partial charge in [0, 0.05) is 43.0 Å². The third kappa shape index (κ3) is 5.39. The summed E-state index contributed by atoms with van der Waals surface area (Å²) in [5, 5.41) is 6.84. The number of carbonyl (C=O) groups is 1. The highest BCUT2D eigenvalue weighted by atomic mass is 19.3. The summed E-state index contributed by atoms with van der Waals surface area (Å²) in [4.78, 5) is 19.2. The number of anilines is 1. The van der Waals surface area contributed by atoms with Crippen molar-refractivity contribution in [2.45, 2.75) is 19.0 Å². The van der Waals surface area contributed by atoms with E-state index in [1.54, 1.807) is 36.3 Å². The van der Waals surface area contributed by atoms with Crippen LogP contribution in [0.4, 0.5) is 23.7 Å². The van der Waals surface area contributed by atoms with E-state index in [0.29, 0.717) is 43.8 Å². The number of aromatic nitrogens is 2. The molecule has 12 heteroatoms. The lowest BCUT2D eigenvalue weighted by molar-refractivity contribution is -0.0738. The maximum absolute atomic E-state index is 15.2. The predicted molar refractivity (Wildman–Crippen MR) is 127 cm³/mol. The number of hydrogen-bond acceptors (Lipinski definition) is 7. The van der Waals surface area contributed by atoms with Gasteiger partial charge in [-0.25, -0.2) is 9.18 Å². The zero-order chi connectivity index (χ0) is 25.9. The number of amides is 2. The minimum atomic E-state index is -2.92. The van der Waals surface area contributed by atoms with E-state index in [9.17, 15) is 13.6 Å². The second-order valence-electron chi connectivity index (χ2n) is 8.83. The molecule has 196 valence electrons. The van der Waals surface area contributed by atoms with Crippen LogP contribution in [0.5, 0.6) is 5.75 Å². The maximum atomic E-state index is 15.2. The fourth-order valence-electron chi connectivity index (χ4n) is 4.33. The lowest BCUT2D eigenvalue weighted by Gasteiger charge is -2.43. The molecule has 3 aromatic rings. The zero-order valence-corrected chi connectivity index (χ0v) is 20.1. The first-order chi connectivity index (χ1) is 17.9. The van der Waals surface area contributed by atoms with Gasteiger partial charge in [-0.15, -0.1) is 10.2 Å². The van der Waals surface area contributed by atoms with Gasteiger partial charge < -0.3 is 18.8 Å². The molecule has 0 radical (unpaired) electrons. The van der Waals surface area contributed by atoms with Gasteiger partial charge in [0.1, 0.15) is 11.6 Å². The largest absolute Gasteiger partial charge is 0.497 e. The Hall–Kier alpha value is -3.64. The first kappa shape index (κ1) is 25.0. The number of halogens is 3. The fraction of sp³-hybridized carbons (Fsp3) is 0.400. The number of benzene rings is 2. The van der Waals surface area contributed by atoms with E-state index in [1.165, 1.54) is 17.0 Å². The number of ether oxygens (including phenoxy) is 2. The molecule has 2 aromatic carbocycles. The Morgan fingerprint density at radius 2 is 1.84 bits per heavy atom. The van der Waals surface area contributed by atoms with Crippen LogP contribution in [0.2, 0.25) is 0 Å². The van der Waals surface area contributed by atoms with Gasteiger partial charge in [-0.05, 0) is 36.4 Å². The molecule has 0 bridgehead atoms. The highest BCUT2D eigenvalue weighted by Crippen LogP contribution is 2.28. The Bertz CT molecular complexity index is 1230. The molecule has 3 heterocycles. The molecule has 9 nitrogen and oxygen atoms in total. The summed E-state index contributed by atoms with van der Waals surface area (Å²) in [7, 11) is 1.55. The zero-order valence-electron chi connectivity index (χ0n) is 20.1. The van der Waals surface area contributed by atoms with Crippen LogP contribution in [0.3, 0.4) is 0 Å². The monoisotopic (exact) mass is 517 g/mol. The van der Waals surface area contributed by atoms with E-state index in [0.717, 1.165) is 19.2 Å². The number of nitrogens with zero attached hydrogens (tertiary/aromatic N) is 5. The van der Waals surface area contributed by atoms with Crippen LogP contribution in [0.15, 0.2) is 46.9 Å². The van der Waals surface area contributed by atoms with Crippen LogP contribution >= 0.6 is 0 Å². The van der Waals surface area contributed by atoms with Crippen LogP contribution in [-0.4, -0.2) is 78.6 Å². The molecule has 0 N–H and O–H groups in total. The topological polar surface area (TPSA) is 84.2 Å². The molecule has 0 spiro atoms. The normalized spacial score (nSPS) is 16.6. The van der Waals surface area contributed by atoms with Gasteiger partial charge in [-0.2, -0.15) is 8.78 Å². The SMILES string of the molecule is COc1ccc(N(Cc2ccc(-c3nnc(C(F)F)o3)cc2F)C(=O)N2CCN(C3COC3)CC2)cc1. The molecule has 2 saturated heterocycles. The van der Waals surface area contributed by atoms with E-state index in [2.05, 4.69) is 15.1 Å². The predicted octanol–water partition coefficient (Wildman–Crippen LogP) is 3.96. The Morgan fingerprint density at radius 3 is 2.41 bits per heavy atom. The number of carbonyl (C=O) groups excluding carboxylic acids is 1. The molecule has 0 atom stereocenters. The second kappa shape index (κ2) is 10.8. The number of hydrogen-bond donors (Lipinski definition) is 0. The molecular weight excluding hydrogens is 491 g/mol. The van der Waals surface area contributed by atoms with Crippen LogP contribution < -0.4 is 9.64 Å². The first-order valence-corrected chi connectivity index (χ1v) is 11.9. The van der Waals surface area contributed by atoms with E-state index in [4.69, 9.17) is 13.9 Å². The third-order valence-electron chi connectivity index (χ3n) is 6.59. The van der Waals surface area contributed by atoms with Gasteiger partial charge in [-0.3, -0.25) is 9.80 Å². The number of alkyl halides is 2. The average Bonchev–Trinajstić information content (AvgIpc) is 3.38. The van der Waals surface area contributed by atoms with Gasteiger partial charge >= 0.3 is 12.5 Å². The van der Waals surface area contributed by atoms with E-state index >= 15 is 4.39 Å². The minimum Gasteiger partial charge on any atom is -0.497 e. The Labute approximate surface area is 211 Å². The van der Waals surface area contributed by atoms with Gasteiger partial charge in [0.15, 0.2) is 0 Å². The first-order valence-electron chi connectivity index (χ1n) is 11.9. The van der Waals surface area contributed by atoms with Gasteiger partial charge in [-0.1, -0.05) is 6.07 Å². The number of piperazine rings is 1.